The van der Waals surface area contributed by atoms with Crippen molar-refractivity contribution in [2.45, 2.75) is 25.1 Å². The van der Waals surface area contributed by atoms with Gasteiger partial charge in [-0.15, -0.1) is 0 Å². The molecule has 109 valence electrons. The summed E-state index contributed by atoms with van der Waals surface area (Å²) in [5.74, 6) is -1.90. The first kappa shape index (κ1) is 14.6. The fraction of sp³-hybridized carbons (Fsp3) is 0.462. The van der Waals surface area contributed by atoms with E-state index in [0.29, 0.717) is 26.1 Å². The largest absolute Gasteiger partial charge is 0.471 e. The van der Waals surface area contributed by atoms with E-state index in [1.807, 2.05) is 0 Å². The van der Waals surface area contributed by atoms with Crippen LogP contribution >= 0.6 is 0 Å². The molecule has 1 heterocycles. The SMILES string of the molecule is Nc1cc[c]c(N(C(=O)C(F)(F)F)C2CCOCC2)c1. The van der Waals surface area contributed by atoms with Gasteiger partial charge in [0.25, 0.3) is 0 Å². The minimum Gasteiger partial charge on any atom is -0.399 e. The van der Waals surface area contributed by atoms with Crippen molar-refractivity contribution in [1.82, 2.24) is 0 Å². The predicted octanol–water partition coefficient (Wildman–Crippen LogP) is 2.14. The molecule has 1 aromatic rings. The highest BCUT2D eigenvalue weighted by molar-refractivity contribution is 5.98. The highest BCUT2D eigenvalue weighted by atomic mass is 19.4. The van der Waals surface area contributed by atoms with Gasteiger partial charge in [-0.3, -0.25) is 4.79 Å². The van der Waals surface area contributed by atoms with Crippen LogP contribution in [0.15, 0.2) is 18.2 Å². The van der Waals surface area contributed by atoms with Crippen LogP contribution in [0.5, 0.6) is 0 Å². The molecule has 4 nitrogen and oxygen atoms in total. The van der Waals surface area contributed by atoms with Gasteiger partial charge in [0.2, 0.25) is 0 Å². The molecular weight excluding hydrogens is 273 g/mol. The highest BCUT2D eigenvalue weighted by Crippen LogP contribution is 2.29. The second-order valence-corrected chi connectivity index (χ2v) is 4.52. The molecule has 0 atom stereocenters. The Bertz CT molecular complexity index is 485. The Balaban J connectivity index is 2.35. The van der Waals surface area contributed by atoms with Crippen LogP contribution in [0.25, 0.3) is 0 Å². The zero-order valence-electron chi connectivity index (χ0n) is 10.6. The Kier molecular flexibility index (Phi) is 4.17. The molecule has 20 heavy (non-hydrogen) atoms. The number of anilines is 2. The lowest BCUT2D eigenvalue weighted by Crippen LogP contribution is -2.49. The third kappa shape index (κ3) is 3.22. The van der Waals surface area contributed by atoms with E-state index in [-0.39, 0.29) is 11.4 Å². The fourth-order valence-electron chi connectivity index (χ4n) is 2.16. The summed E-state index contributed by atoms with van der Waals surface area (Å²) in [7, 11) is 0. The first-order chi connectivity index (χ1) is 9.39. The predicted molar refractivity (Wildman–Crippen MR) is 67.1 cm³/mol. The zero-order chi connectivity index (χ0) is 14.8. The van der Waals surface area contributed by atoms with E-state index in [2.05, 4.69) is 6.07 Å². The molecule has 0 saturated carbocycles. The smallest absolute Gasteiger partial charge is 0.399 e. The molecule has 1 saturated heterocycles. The Morgan fingerprint density at radius 1 is 1.40 bits per heavy atom. The molecule has 1 radical (unpaired) electrons. The van der Waals surface area contributed by atoms with Crippen LogP contribution in [0.2, 0.25) is 0 Å². The number of alkyl halides is 3. The van der Waals surface area contributed by atoms with Crippen LogP contribution in [-0.2, 0) is 9.53 Å². The molecule has 0 spiro atoms. The Morgan fingerprint density at radius 3 is 2.60 bits per heavy atom. The molecule has 1 aliphatic rings. The first-order valence-corrected chi connectivity index (χ1v) is 6.15. The number of halogens is 3. The van der Waals surface area contributed by atoms with E-state index in [1.54, 1.807) is 0 Å². The van der Waals surface area contributed by atoms with E-state index in [1.165, 1.54) is 18.2 Å². The molecule has 1 aliphatic heterocycles. The maximum absolute atomic E-state index is 12.8. The molecule has 0 unspecified atom stereocenters. The maximum Gasteiger partial charge on any atom is 0.471 e. The molecule has 7 heteroatoms. The summed E-state index contributed by atoms with van der Waals surface area (Å²) in [6.45, 7) is 0.656. The van der Waals surface area contributed by atoms with Crippen LogP contribution in [0.3, 0.4) is 0 Å². The average Bonchev–Trinajstić information content (AvgIpc) is 2.39. The topological polar surface area (TPSA) is 55.6 Å². The molecule has 2 N–H and O–H groups in total. The molecule has 0 aliphatic carbocycles. The monoisotopic (exact) mass is 287 g/mol. The van der Waals surface area contributed by atoms with E-state index < -0.39 is 18.1 Å². The number of carbonyl (C=O) groups excluding carboxylic acids is 1. The molecule has 0 bridgehead atoms. The molecular formula is C13H14F3N2O2. The van der Waals surface area contributed by atoms with Crippen LogP contribution < -0.4 is 10.6 Å². The summed E-state index contributed by atoms with van der Waals surface area (Å²) in [4.78, 5) is 12.4. The Morgan fingerprint density at radius 2 is 2.05 bits per heavy atom. The number of ether oxygens (including phenoxy) is 1. The van der Waals surface area contributed by atoms with Crippen molar-refractivity contribution in [1.29, 1.82) is 0 Å². The van der Waals surface area contributed by atoms with E-state index in [9.17, 15) is 18.0 Å². The fourth-order valence-corrected chi connectivity index (χ4v) is 2.16. The van der Waals surface area contributed by atoms with Gasteiger partial charge >= 0.3 is 12.1 Å². The number of nitrogens with two attached hydrogens (primary N) is 1. The number of rotatable bonds is 2. The van der Waals surface area contributed by atoms with Crippen LogP contribution in [0.4, 0.5) is 24.5 Å². The summed E-state index contributed by atoms with van der Waals surface area (Å²) < 4.78 is 43.4. The second-order valence-electron chi connectivity index (χ2n) is 4.52. The molecule has 1 fully saturated rings. The lowest BCUT2D eigenvalue weighted by Gasteiger charge is -2.34. The minimum absolute atomic E-state index is 0.0409. The van der Waals surface area contributed by atoms with Gasteiger partial charge in [0.1, 0.15) is 0 Å². The van der Waals surface area contributed by atoms with Gasteiger partial charge < -0.3 is 15.4 Å². The van der Waals surface area contributed by atoms with Gasteiger partial charge in [-0.05, 0) is 25.0 Å². The first-order valence-electron chi connectivity index (χ1n) is 6.15. The summed E-state index contributed by atoms with van der Waals surface area (Å²) in [6.07, 6.45) is -4.23. The van der Waals surface area contributed by atoms with E-state index in [0.717, 1.165) is 4.90 Å². The molecule has 2 rings (SSSR count). The van der Waals surface area contributed by atoms with E-state index >= 15 is 0 Å². The molecule has 1 amide bonds. The van der Waals surface area contributed by atoms with Crippen molar-refractivity contribution in [3.63, 3.8) is 0 Å². The van der Waals surface area contributed by atoms with Crippen molar-refractivity contribution in [2.75, 3.05) is 23.8 Å². The number of nitrogens with zero attached hydrogens (tertiary/aromatic N) is 1. The molecule has 0 aromatic heterocycles. The summed E-state index contributed by atoms with van der Waals surface area (Å²) in [5.41, 5.74) is 5.90. The number of benzene rings is 1. The number of hydrogen-bond donors (Lipinski definition) is 1. The van der Waals surface area contributed by atoms with E-state index in [4.69, 9.17) is 10.5 Å². The Labute approximate surface area is 114 Å². The quantitative estimate of drug-likeness (QED) is 0.848. The summed E-state index contributed by atoms with van der Waals surface area (Å²) in [5, 5.41) is 0. The zero-order valence-corrected chi connectivity index (χ0v) is 10.6. The maximum atomic E-state index is 12.8. The number of nitrogen functional groups attached to an aromatic ring is 1. The molecule has 1 aromatic carbocycles. The third-order valence-electron chi connectivity index (χ3n) is 3.09. The lowest BCUT2D eigenvalue weighted by atomic mass is 10.1. The van der Waals surface area contributed by atoms with Crippen molar-refractivity contribution < 1.29 is 22.7 Å². The second kappa shape index (κ2) is 5.70. The normalized spacial score (nSPS) is 16.9. The number of hydrogen-bond acceptors (Lipinski definition) is 3. The summed E-state index contributed by atoms with van der Waals surface area (Å²) >= 11 is 0. The summed E-state index contributed by atoms with van der Waals surface area (Å²) in [6, 6.07) is 6.31. The van der Waals surface area contributed by atoms with Gasteiger partial charge in [0.15, 0.2) is 0 Å². The Hall–Kier alpha value is -1.76. The van der Waals surface area contributed by atoms with Crippen LogP contribution in [-0.4, -0.2) is 31.3 Å². The van der Waals surface area contributed by atoms with Gasteiger partial charge in [-0.1, -0.05) is 6.07 Å². The number of amides is 1. The lowest BCUT2D eigenvalue weighted by molar-refractivity contribution is -0.171. The van der Waals surface area contributed by atoms with Crippen molar-refractivity contribution >= 4 is 17.3 Å². The standard InChI is InChI=1S/C13H14F3N2O2/c14-13(15,16)12(19)18(10-4-6-20-7-5-10)11-3-1-2-9(17)8-11/h1-2,8,10H,4-7,17H2. The van der Waals surface area contributed by atoms with Crippen LogP contribution in [0, 0.1) is 6.07 Å². The minimum atomic E-state index is -4.93. The van der Waals surface area contributed by atoms with Gasteiger partial charge in [-0.25, -0.2) is 0 Å². The third-order valence-corrected chi connectivity index (χ3v) is 3.09. The van der Waals surface area contributed by atoms with Gasteiger partial charge in [-0.2, -0.15) is 13.2 Å². The van der Waals surface area contributed by atoms with Crippen molar-refractivity contribution in [3.05, 3.63) is 24.3 Å². The van der Waals surface area contributed by atoms with Gasteiger partial charge in [0.05, 0.1) is 5.69 Å². The van der Waals surface area contributed by atoms with Crippen LogP contribution in [0.1, 0.15) is 12.8 Å². The van der Waals surface area contributed by atoms with Gasteiger partial charge in [0, 0.05) is 31.0 Å². The highest BCUT2D eigenvalue weighted by Gasteiger charge is 2.45. The average molecular weight is 287 g/mol. The van der Waals surface area contributed by atoms with Crippen molar-refractivity contribution in [2.24, 2.45) is 0 Å². The van der Waals surface area contributed by atoms with Crippen molar-refractivity contribution in [3.8, 4) is 0 Å². The number of carbonyl (C=O) groups is 1.